The molecular weight excluding hydrogens is 1210 g/mol. The molecule has 0 atom stereocenters. The first kappa shape index (κ1) is 33.9. The smallest absolute Gasteiger partial charge is 0.344 e. The number of anilines is 1. The number of amides is 1. The number of rotatable bonds is 8. The van der Waals surface area contributed by atoms with Gasteiger partial charge in [-0.1, -0.05) is 0 Å². The highest BCUT2D eigenvalue weighted by atomic mass is 127. The summed E-state index contributed by atoms with van der Waals surface area (Å²) in [4.78, 5) is 38.9. The van der Waals surface area contributed by atoms with Gasteiger partial charge in [0, 0.05) is 33.2 Å². The van der Waals surface area contributed by atoms with Gasteiger partial charge in [0.25, 0.3) is 16.0 Å². The second kappa shape index (κ2) is 14.7. The van der Waals surface area contributed by atoms with E-state index in [1.807, 2.05) is 34.7 Å². The average Bonchev–Trinajstić information content (AvgIpc) is 2.82. The first-order valence-electron chi connectivity index (χ1n) is 10.2. The minimum Gasteiger partial charge on any atom is -0.461 e. The number of hydrogen-bond acceptors (Lipinski definition) is 7. The van der Waals surface area contributed by atoms with E-state index in [-0.39, 0.29) is 22.6 Å². The zero-order chi connectivity index (χ0) is 29.1. The molecule has 0 fully saturated rings. The van der Waals surface area contributed by atoms with E-state index in [0.717, 1.165) is 17.9 Å². The molecule has 0 heterocycles. The monoisotopic (exact) mass is 1220 g/mol. The van der Waals surface area contributed by atoms with E-state index < -0.39 is 40.3 Å². The zero-order valence-electron chi connectivity index (χ0n) is 18.9. The Kier molecular flexibility index (Phi) is 12.8. The van der Waals surface area contributed by atoms with E-state index in [1.165, 1.54) is 18.2 Å². The lowest BCUT2D eigenvalue weighted by Crippen LogP contribution is -2.18. The normalized spacial score (nSPS) is 11.2. The summed E-state index contributed by atoms with van der Waals surface area (Å²) in [7, 11) is -4.35. The quantitative estimate of drug-likeness (QED) is 0.0825. The van der Waals surface area contributed by atoms with Crippen molar-refractivity contribution in [3.05, 3.63) is 80.6 Å². The Balaban J connectivity index is 1.97. The average molecular weight is 1220 g/mol. The maximum absolute atomic E-state index is 13.1. The molecular formula is C23H13I6NO8S. The predicted octanol–water partition coefficient (Wildman–Crippen LogP) is 6.83. The van der Waals surface area contributed by atoms with Crippen molar-refractivity contribution in [1.29, 1.82) is 0 Å². The Morgan fingerprint density at radius 3 is 1.92 bits per heavy atom. The maximum Gasteiger partial charge on any atom is 0.344 e. The molecule has 0 saturated carbocycles. The van der Waals surface area contributed by atoms with Gasteiger partial charge in [-0.25, -0.2) is 9.59 Å². The van der Waals surface area contributed by atoms with Crippen molar-refractivity contribution in [3.63, 3.8) is 0 Å². The molecule has 0 aromatic heterocycles. The highest BCUT2D eigenvalue weighted by molar-refractivity contribution is 14.1. The molecule has 0 saturated heterocycles. The van der Waals surface area contributed by atoms with Gasteiger partial charge < -0.3 is 14.8 Å². The van der Waals surface area contributed by atoms with Crippen LogP contribution in [0.15, 0.2) is 42.5 Å². The second-order valence-corrected chi connectivity index (χ2v) is 16.0. The van der Waals surface area contributed by atoms with Crippen molar-refractivity contribution in [2.75, 3.05) is 17.7 Å². The molecule has 2 N–H and O–H groups in total. The first-order chi connectivity index (χ1) is 18.2. The van der Waals surface area contributed by atoms with Crippen LogP contribution in [0.3, 0.4) is 0 Å². The Hall–Kier alpha value is 0.360. The van der Waals surface area contributed by atoms with Crippen LogP contribution in [0.4, 0.5) is 5.69 Å². The van der Waals surface area contributed by atoms with Crippen molar-refractivity contribution in [1.82, 2.24) is 0 Å². The lowest BCUT2D eigenvalue weighted by Gasteiger charge is -2.14. The SMILES string of the molecule is O=C(OCCS(=O)(=O)O)c1ccc(NC(=O)c2cc(I)cc(I)c2I)cc1OC(=O)c1cc(I)cc(I)c1I. The topological polar surface area (TPSA) is 136 Å². The summed E-state index contributed by atoms with van der Waals surface area (Å²) in [6, 6.07) is 11.2. The van der Waals surface area contributed by atoms with Crippen molar-refractivity contribution in [3.8, 4) is 5.75 Å². The van der Waals surface area contributed by atoms with Gasteiger partial charge in [-0.3, -0.25) is 9.35 Å². The van der Waals surface area contributed by atoms with Gasteiger partial charge in [0.05, 0.1) is 11.1 Å². The van der Waals surface area contributed by atoms with E-state index in [4.69, 9.17) is 14.0 Å². The highest BCUT2D eigenvalue weighted by Gasteiger charge is 2.23. The summed E-state index contributed by atoms with van der Waals surface area (Å²) < 4.78 is 46.3. The van der Waals surface area contributed by atoms with Crippen LogP contribution in [0.25, 0.3) is 0 Å². The lowest BCUT2D eigenvalue weighted by atomic mass is 10.1. The van der Waals surface area contributed by atoms with Crippen LogP contribution in [0, 0.1) is 21.4 Å². The third kappa shape index (κ3) is 9.69. The van der Waals surface area contributed by atoms with Gasteiger partial charge in [0.1, 0.15) is 23.7 Å². The maximum atomic E-state index is 13.1. The number of carbonyl (C=O) groups excluding carboxylic acids is 3. The number of carbonyl (C=O) groups is 3. The third-order valence-corrected chi connectivity index (χ3v) is 12.7. The number of nitrogens with one attached hydrogen (secondary N) is 1. The van der Waals surface area contributed by atoms with Crippen LogP contribution in [0.5, 0.6) is 5.75 Å². The molecule has 206 valence electrons. The molecule has 3 rings (SSSR count). The van der Waals surface area contributed by atoms with Gasteiger partial charge in [0.2, 0.25) is 0 Å². The molecule has 39 heavy (non-hydrogen) atoms. The molecule has 1 amide bonds. The van der Waals surface area contributed by atoms with Gasteiger partial charge in [-0.05, 0) is 172 Å². The van der Waals surface area contributed by atoms with E-state index in [1.54, 1.807) is 12.1 Å². The van der Waals surface area contributed by atoms with E-state index in [9.17, 15) is 22.8 Å². The molecule has 0 unspecified atom stereocenters. The molecule has 16 heteroatoms. The van der Waals surface area contributed by atoms with E-state index in [2.05, 4.69) is 118 Å². The lowest BCUT2D eigenvalue weighted by molar-refractivity contribution is 0.0522. The summed E-state index contributed by atoms with van der Waals surface area (Å²) in [6.07, 6.45) is 0. The third-order valence-electron chi connectivity index (χ3n) is 4.69. The second-order valence-electron chi connectivity index (χ2n) is 7.47. The fourth-order valence-electron chi connectivity index (χ4n) is 2.95. The minimum atomic E-state index is -4.35. The van der Waals surface area contributed by atoms with Crippen LogP contribution in [0.2, 0.25) is 0 Å². The minimum absolute atomic E-state index is 0.176. The highest BCUT2D eigenvalue weighted by Crippen LogP contribution is 2.29. The zero-order valence-corrected chi connectivity index (χ0v) is 32.7. The summed E-state index contributed by atoms with van der Waals surface area (Å²) in [6.45, 7) is -0.611. The Morgan fingerprint density at radius 1 is 0.769 bits per heavy atom. The molecule has 9 nitrogen and oxygen atoms in total. The largest absolute Gasteiger partial charge is 0.461 e. The van der Waals surface area contributed by atoms with Crippen LogP contribution in [0.1, 0.15) is 31.1 Å². The Bertz CT molecular complexity index is 1600. The fourth-order valence-corrected chi connectivity index (χ4v) is 8.02. The van der Waals surface area contributed by atoms with E-state index in [0.29, 0.717) is 9.13 Å². The van der Waals surface area contributed by atoms with Crippen molar-refractivity contribution >= 4 is 169 Å². The predicted molar refractivity (Wildman–Crippen MR) is 195 cm³/mol. The molecule has 3 aromatic rings. The Labute approximate surface area is 305 Å². The summed E-state index contributed by atoms with van der Waals surface area (Å²) in [5, 5.41) is 2.76. The van der Waals surface area contributed by atoms with Gasteiger partial charge >= 0.3 is 11.9 Å². The van der Waals surface area contributed by atoms with Crippen LogP contribution in [-0.2, 0) is 14.9 Å². The molecule has 0 aliphatic heterocycles. The van der Waals surface area contributed by atoms with Crippen molar-refractivity contribution < 1.29 is 36.8 Å². The van der Waals surface area contributed by atoms with Crippen LogP contribution in [-0.4, -0.2) is 43.2 Å². The summed E-state index contributed by atoms with van der Waals surface area (Å²) in [5.74, 6) is -3.13. The summed E-state index contributed by atoms with van der Waals surface area (Å²) >= 11 is 12.5. The number of esters is 2. The van der Waals surface area contributed by atoms with Gasteiger partial charge in [-0.2, -0.15) is 8.42 Å². The Morgan fingerprint density at radius 2 is 1.33 bits per heavy atom. The van der Waals surface area contributed by atoms with Gasteiger partial charge in [0.15, 0.2) is 0 Å². The first-order valence-corrected chi connectivity index (χ1v) is 18.3. The standard InChI is InChI=1S/C23H13I6NO8S/c24-10-5-14(19(28)16(26)7-10)21(31)30-12-1-2-13(22(32)37-3-4-39(34,35)36)18(9-12)38-23(33)15-6-11(25)8-17(27)20(15)29/h1-2,5-9H,3-4H2,(H,30,31)(H,34,35,36). The number of ether oxygens (including phenoxy) is 2. The molecule has 0 aliphatic carbocycles. The van der Waals surface area contributed by atoms with Crippen LogP contribution < -0.4 is 10.1 Å². The van der Waals surface area contributed by atoms with Gasteiger partial charge in [-0.15, -0.1) is 0 Å². The molecule has 0 radical (unpaired) electrons. The number of halogens is 6. The fraction of sp³-hybridized carbons (Fsp3) is 0.0870. The van der Waals surface area contributed by atoms with Crippen molar-refractivity contribution in [2.45, 2.75) is 0 Å². The number of benzene rings is 3. The summed E-state index contributed by atoms with van der Waals surface area (Å²) in [5.41, 5.74) is 0.788. The molecule has 0 aliphatic rings. The molecule has 0 bridgehead atoms. The van der Waals surface area contributed by atoms with Crippen LogP contribution >= 0.6 is 136 Å². The molecule has 3 aromatic carbocycles. The molecule has 0 spiro atoms. The van der Waals surface area contributed by atoms with Crippen molar-refractivity contribution in [2.24, 2.45) is 0 Å². The number of hydrogen-bond donors (Lipinski definition) is 2. The van der Waals surface area contributed by atoms with E-state index >= 15 is 0 Å².